The average Bonchev–Trinajstić information content (AvgIpc) is 2.82. The van der Waals surface area contributed by atoms with Crippen LogP contribution in [-0.2, 0) is 23.8 Å². The summed E-state index contributed by atoms with van der Waals surface area (Å²) >= 11 is 11.8. The molecule has 0 spiro atoms. The zero-order chi connectivity index (χ0) is 31.4. The molecule has 2 rings (SSSR count). The molecule has 0 radical (unpaired) electrons. The number of ether oxygens (including phenoxy) is 3. The van der Waals surface area contributed by atoms with Gasteiger partial charge in [0.25, 0.3) is 0 Å². The van der Waals surface area contributed by atoms with Gasteiger partial charge in [0.1, 0.15) is 11.2 Å². The van der Waals surface area contributed by atoms with Gasteiger partial charge in [0, 0.05) is 22.2 Å². The number of nitrogens with one attached hydrogen (secondary N) is 2. The van der Waals surface area contributed by atoms with Crippen LogP contribution in [0.3, 0.4) is 0 Å². The number of carboxylic acids is 1. The Morgan fingerprint density at radius 2 is 1.12 bits per heavy atom. The summed E-state index contributed by atoms with van der Waals surface area (Å²) < 4.78 is 14.8. The summed E-state index contributed by atoms with van der Waals surface area (Å²) in [6.07, 6.45) is 3.85. The smallest absolute Gasteiger partial charge is 0.412 e. The molecule has 0 atom stereocenters. The summed E-state index contributed by atoms with van der Waals surface area (Å²) in [6, 6.07) is 9.59. The van der Waals surface area contributed by atoms with Gasteiger partial charge in [-0.1, -0.05) is 23.2 Å². The first-order valence-corrected chi connectivity index (χ1v) is 12.9. The van der Waals surface area contributed by atoms with Gasteiger partial charge in [-0.25, -0.2) is 19.2 Å². The molecule has 12 heteroatoms. The number of aliphatic carboxylic acids is 1. The number of carbonyl (C=O) groups excluding carboxylic acids is 3. The second kappa shape index (κ2) is 15.7. The molecule has 0 aliphatic rings. The van der Waals surface area contributed by atoms with Crippen molar-refractivity contribution in [2.24, 2.45) is 0 Å². The van der Waals surface area contributed by atoms with Crippen LogP contribution < -0.4 is 10.6 Å². The van der Waals surface area contributed by atoms with E-state index in [2.05, 4.69) is 15.4 Å². The predicted octanol–water partition coefficient (Wildman–Crippen LogP) is 7.66. The Hall–Kier alpha value is -4.02. The standard InChI is InChI=1S/C15H18ClNO4.C14H16ClNO4/c1-15(2,3)21-14(19)17-12-7-6-11(16)9-10(12)5-8-13(18)20-4;1-14(2,3)20-13(19)16-11-6-5-10(15)8-9(11)4-7-12(17)18/h5-9H,1-4H3,(H,17,19);4-8H,1-3H3,(H,16,19)(H,17,18)/b8-5+;7-4+. The predicted molar refractivity (Wildman–Crippen MR) is 160 cm³/mol. The highest BCUT2D eigenvalue weighted by atomic mass is 35.5. The number of halogens is 2. The van der Waals surface area contributed by atoms with Crippen LogP contribution in [0.25, 0.3) is 12.2 Å². The van der Waals surface area contributed by atoms with Crippen molar-refractivity contribution < 1.29 is 38.5 Å². The van der Waals surface area contributed by atoms with E-state index in [-0.39, 0.29) is 0 Å². The van der Waals surface area contributed by atoms with Crippen LogP contribution >= 0.6 is 23.2 Å². The Bertz CT molecular complexity index is 1310. The van der Waals surface area contributed by atoms with Gasteiger partial charge < -0.3 is 19.3 Å². The Kier molecular flexibility index (Phi) is 13.4. The van der Waals surface area contributed by atoms with Crippen LogP contribution in [0, 0.1) is 0 Å². The molecule has 0 unspecified atom stereocenters. The van der Waals surface area contributed by atoms with Crippen molar-refractivity contribution >= 4 is 70.9 Å². The van der Waals surface area contributed by atoms with Crippen molar-refractivity contribution in [1.29, 1.82) is 0 Å². The van der Waals surface area contributed by atoms with Crippen LogP contribution in [0.1, 0.15) is 52.7 Å². The van der Waals surface area contributed by atoms with E-state index in [1.807, 2.05) is 0 Å². The van der Waals surface area contributed by atoms with E-state index < -0.39 is 35.3 Å². The number of amides is 2. The Labute approximate surface area is 249 Å². The lowest BCUT2D eigenvalue weighted by atomic mass is 10.1. The molecule has 0 bridgehead atoms. The lowest BCUT2D eigenvalue weighted by Crippen LogP contribution is -2.27. The van der Waals surface area contributed by atoms with Crippen molar-refractivity contribution in [2.45, 2.75) is 52.7 Å². The van der Waals surface area contributed by atoms with E-state index in [1.165, 1.54) is 25.3 Å². The van der Waals surface area contributed by atoms with Crippen LogP contribution in [0.15, 0.2) is 48.6 Å². The molecule has 10 nitrogen and oxygen atoms in total. The molecule has 0 saturated carbocycles. The van der Waals surface area contributed by atoms with E-state index in [0.29, 0.717) is 32.5 Å². The molecule has 2 amide bonds. The number of esters is 1. The molecule has 0 saturated heterocycles. The van der Waals surface area contributed by atoms with E-state index >= 15 is 0 Å². The van der Waals surface area contributed by atoms with Crippen LogP contribution in [0.4, 0.5) is 21.0 Å². The molecule has 41 heavy (non-hydrogen) atoms. The lowest BCUT2D eigenvalue weighted by Gasteiger charge is -2.20. The van der Waals surface area contributed by atoms with Gasteiger partial charge in [-0.15, -0.1) is 0 Å². The molecule has 0 aliphatic carbocycles. The fourth-order valence-corrected chi connectivity index (χ4v) is 3.15. The molecule has 0 aromatic heterocycles. The second-order valence-corrected chi connectivity index (χ2v) is 11.1. The molecular formula is C29H34Cl2N2O8. The number of carboxylic acid groups (broad SMARTS) is 1. The molecule has 3 N–H and O–H groups in total. The van der Waals surface area contributed by atoms with E-state index in [4.69, 9.17) is 37.8 Å². The molecule has 0 aliphatic heterocycles. The number of carbonyl (C=O) groups is 4. The molecule has 0 heterocycles. The summed E-state index contributed by atoms with van der Waals surface area (Å²) in [5.74, 6) is -1.59. The second-order valence-electron chi connectivity index (χ2n) is 10.2. The van der Waals surface area contributed by atoms with Gasteiger partial charge in [-0.3, -0.25) is 10.6 Å². The first-order chi connectivity index (χ1) is 18.9. The number of hydrogen-bond donors (Lipinski definition) is 3. The molecule has 2 aromatic carbocycles. The highest BCUT2D eigenvalue weighted by molar-refractivity contribution is 6.31. The van der Waals surface area contributed by atoms with Crippen molar-refractivity contribution in [2.75, 3.05) is 17.7 Å². The highest BCUT2D eigenvalue weighted by Gasteiger charge is 2.18. The van der Waals surface area contributed by atoms with Crippen molar-refractivity contribution in [3.8, 4) is 0 Å². The summed E-state index contributed by atoms with van der Waals surface area (Å²) in [5, 5.41) is 14.7. The number of rotatable bonds is 6. The molecule has 0 fully saturated rings. The summed E-state index contributed by atoms with van der Waals surface area (Å²) in [4.78, 5) is 45.2. The first-order valence-electron chi connectivity index (χ1n) is 12.1. The Morgan fingerprint density at radius 3 is 1.46 bits per heavy atom. The number of benzene rings is 2. The largest absolute Gasteiger partial charge is 0.478 e. The zero-order valence-electron chi connectivity index (χ0n) is 23.8. The SMILES string of the molecule is CC(C)(C)OC(=O)Nc1ccc(Cl)cc1/C=C/C(=O)O.COC(=O)/C=C/c1cc(Cl)ccc1NC(=O)OC(C)(C)C. The van der Waals surface area contributed by atoms with Gasteiger partial charge in [0.05, 0.1) is 18.5 Å². The molecule has 222 valence electrons. The Balaban J connectivity index is 0.000000410. The van der Waals surface area contributed by atoms with Crippen LogP contribution in [-0.4, -0.2) is 47.5 Å². The van der Waals surface area contributed by atoms with Gasteiger partial charge in [-0.2, -0.15) is 0 Å². The van der Waals surface area contributed by atoms with E-state index in [0.717, 1.165) is 6.08 Å². The summed E-state index contributed by atoms with van der Waals surface area (Å²) in [7, 11) is 1.28. The first kappa shape index (κ1) is 35.0. The minimum atomic E-state index is -1.09. The van der Waals surface area contributed by atoms with E-state index in [1.54, 1.807) is 77.9 Å². The van der Waals surface area contributed by atoms with Gasteiger partial charge in [0.2, 0.25) is 0 Å². The topological polar surface area (TPSA) is 140 Å². The number of anilines is 2. The van der Waals surface area contributed by atoms with E-state index in [9.17, 15) is 19.2 Å². The number of hydrogen-bond acceptors (Lipinski definition) is 7. The van der Waals surface area contributed by atoms with Crippen molar-refractivity contribution in [1.82, 2.24) is 0 Å². The maximum absolute atomic E-state index is 11.8. The van der Waals surface area contributed by atoms with Gasteiger partial charge in [-0.05, 0) is 101 Å². The lowest BCUT2D eigenvalue weighted by molar-refractivity contribution is -0.135. The van der Waals surface area contributed by atoms with Crippen molar-refractivity contribution in [3.63, 3.8) is 0 Å². The maximum atomic E-state index is 11.8. The average molecular weight is 610 g/mol. The fourth-order valence-electron chi connectivity index (χ4n) is 2.78. The fraction of sp³-hybridized carbons (Fsp3) is 0.310. The summed E-state index contributed by atoms with van der Waals surface area (Å²) in [5.41, 5.74) is 0.728. The maximum Gasteiger partial charge on any atom is 0.412 e. The quantitative estimate of drug-likeness (QED) is 0.172. The third kappa shape index (κ3) is 15.4. The van der Waals surface area contributed by atoms with Gasteiger partial charge >= 0.3 is 24.1 Å². The Morgan fingerprint density at radius 1 is 0.732 bits per heavy atom. The zero-order valence-corrected chi connectivity index (χ0v) is 25.3. The molecular weight excluding hydrogens is 575 g/mol. The normalized spacial score (nSPS) is 11.3. The monoisotopic (exact) mass is 608 g/mol. The van der Waals surface area contributed by atoms with Gasteiger partial charge in [0.15, 0.2) is 0 Å². The third-order valence-corrected chi connectivity index (χ3v) is 4.77. The number of methoxy groups -OCH3 is 1. The highest BCUT2D eigenvalue weighted by Crippen LogP contribution is 2.24. The minimum absolute atomic E-state index is 0.418. The third-order valence-electron chi connectivity index (χ3n) is 4.30. The minimum Gasteiger partial charge on any atom is -0.478 e. The van der Waals surface area contributed by atoms with Crippen molar-refractivity contribution in [3.05, 3.63) is 69.7 Å². The van der Waals surface area contributed by atoms with Crippen LogP contribution in [0.2, 0.25) is 10.0 Å². The molecule has 2 aromatic rings. The summed E-state index contributed by atoms with van der Waals surface area (Å²) in [6.45, 7) is 10.6. The van der Waals surface area contributed by atoms with Crippen LogP contribution in [0.5, 0.6) is 0 Å².